The van der Waals surface area contributed by atoms with Gasteiger partial charge in [-0.3, -0.25) is 0 Å². The second-order valence-electron chi connectivity index (χ2n) is 4.14. The van der Waals surface area contributed by atoms with Crippen molar-refractivity contribution in [3.63, 3.8) is 0 Å². The molecule has 0 fully saturated rings. The standard InChI is InChI=1S/C11H22N4/c1-10(2)14-6-4-5-12-7-11-8-13-9-15(11)3/h8-10,12,14H,4-7H2,1-3H3. The number of aromatic nitrogens is 2. The van der Waals surface area contributed by atoms with Crippen LogP contribution in [0.3, 0.4) is 0 Å². The fourth-order valence-electron chi connectivity index (χ4n) is 1.38. The Kier molecular flexibility index (Phi) is 5.36. The Morgan fingerprint density at radius 3 is 2.80 bits per heavy atom. The van der Waals surface area contributed by atoms with Gasteiger partial charge in [-0.25, -0.2) is 4.98 Å². The average molecular weight is 210 g/mol. The van der Waals surface area contributed by atoms with E-state index in [9.17, 15) is 0 Å². The quantitative estimate of drug-likeness (QED) is 0.657. The van der Waals surface area contributed by atoms with E-state index in [0.717, 1.165) is 26.1 Å². The van der Waals surface area contributed by atoms with Crippen LogP contribution < -0.4 is 10.6 Å². The summed E-state index contributed by atoms with van der Waals surface area (Å²) in [5, 5.41) is 6.79. The average Bonchev–Trinajstić information content (AvgIpc) is 2.57. The maximum atomic E-state index is 4.07. The Hall–Kier alpha value is -0.870. The van der Waals surface area contributed by atoms with E-state index >= 15 is 0 Å². The highest BCUT2D eigenvalue weighted by molar-refractivity contribution is 4.96. The van der Waals surface area contributed by atoms with E-state index in [0.29, 0.717) is 6.04 Å². The minimum absolute atomic E-state index is 0.585. The van der Waals surface area contributed by atoms with Crippen LogP contribution in [0.1, 0.15) is 26.0 Å². The molecular weight excluding hydrogens is 188 g/mol. The first kappa shape index (κ1) is 12.2. The number of aryl methyl sites for hydroxylation is 1. The molecule has 0 atom stereocenters. The Morgan fingerprint density at radius 2 is 2.20 bits per heavy atom. The number of hydrogen-bond donors (Lipinski definition) is 2. The van der Waals surface area contributed by atoms with Crippen LogP contribution in [0.4, 0.5) is 0 Å². The molecule has 2 N–H and O–H groups in total. The molecule has 0 unspecified atom stereocenters. The van der Waals surface area contributed by atoms with Crippen LogP contribution in [0.15, 0.2) is 12.5 Å². The van der Waals surface area contributed by atoms with Gasteiger partial charge in [-0.05, 0) is 19.5 Å². The SMILES string of the molecule is CC(C)NCCCNCc1cncn1C. The molecule has 0 radical (unpaired) electrons. The van der Waals surface area contributed by atoms with Crippen molar-refractivity contribution in [1.82, 2.24) is 20.2 Å². The summed E-state index contributed by atoms with van der Waals surface area (Å²) in [5.41, 5.74) is 1.23. The molecule has 1 rings (SSSR count). The van der Waals surface area contributed by atoms with E-state index in [1.807, 2.05) is 24.1 Å². The molecule has 0 spiro atoms. The maximum Gasteiger partial charge on any atom is 0.0945 e. The van der Waals surface area contributed by atoms with Gasteiger partial charge in [0.25, 0.3) is 0 Å². The first-order valence-corrected chi connectivity index (χ1v) is 5.59. The van der Waals surface area contributed by atoms with Crippen LogP contribution >= 0.6 is 0 Å². The van der Waals surface area contributed by atoms with Crippen LogP contribution in [-0.2, 0) is 13.6 Å². The number of rotatable bonds is 7. The molecule has 0 aliphatic rings. The summed E-state index contributed by atoms with van der Waals surface area (Å²) in [6.45, 7) is 7.37. The van der Waals surface area contributed by atoms with Crippen molar-refractivity contribution in [3.05, 3.63) is 18.2 Å². The summed E-state index contributed by atoms with van der Waals surface area (Å²) in [6, 6.07) is 0.585. The molecule has 1 aromatic rings. The second kappa shape index (κ2) is 6.58. The predicted molar refractivity (Wildman–Crippen MR) is 62.7 cm³/mol. The summed E-state index contributed by atoms with van der Waals surface area (Å²) in [5.74, 6) is 0. The van der Waals surface area contributed by atoms with Crippen LogP contribution in [0, 0.1) is 0 Å². The largest absolute Gasteiger partial charge is 0.337 e. The molecule has 4 nitrogen and oxygen atoms in total. The van der Waals surface area contributed by atoms with Gasteiger partial charge in [0.05, 0.1) is 12.0 Å². The monoisotopic (exact) mass is 210 g/mol. The highest BCUT2D eigenvalue weighted by Crippen LogP contribution is 1.94. The van der Waals surface area contributed by atoms with E-state index in [4.69, 9.17) is 0 Å². The van der Waals surface area contributed by atoms with Crippen molar-refractivity contribution in [2.45, 2.75) is 32.9 Å². The Labute approximate surface area is 92.1 Å². The third kappa shape index (κ3) is 4.95. The number of nitrogens with zero attached hydrogens (tertiary/aromatic N) is 2. The van der Waals surface area contributed by atoms with E-state index < -0.39 is 0 Å². The topological polar surface area (TPSA) is 41.9 Å². The third-order valence-electron chi connectivity index (χ3n) is 2.31. The molecule has 0 aromatic carbocycles. The van der Waals surface area contributed by atoms with Crippen LogP contribution in [0.5, 0.6) is 0 Å². The molecule has 0 amide bonds. The van der Waals surface area contributed by atoms with Gasteiger partial charge < -0.3 is 15.2 Å². The second-order valence-corrected chi connectivity index (χ2v) is 4.14. The van der Waals surface area contributed by atoms with Gasteiger partial charge in [0.15, 0.2) is 0 Å². The van der Waals surface area contributed by atoms with E-state index in [1.165, 1.54) is 5.69 Å². The third-order valence-corrected chi connectivity index (χ3v) is 2.31. The van der Waals surface area contributed by atoms with Gasteiger partial charge in [0.1, 0.15) is 0 Å². The lowest BCUT2D eigenvalue weighted by molar-refractivity contribution is 0.543. The van der Waals surface area contributed by atoms with Gasteiger partial charge in [0, 0.05) is 25.8 Å². The minimum atomic E-state index is 0.585. The molecule has 1 aromatic heterocycles. The molecule has 1 heterocycles. The van der Waals surface area contributed by atoms with Crippen molar-refractivity contribution < 1.29 is 0 Å². The van der Waals surface area contributed by atoms with Gasteiger partial charge in [-0.2, -0.15) is 0 Å². The zero-order chi connectivity index (χ0) is 11.1. The number of imidazole rings is 1. The molecule has 0 bridgehead atoms. The van der Waals surface area contributed by atoms with Crippen LogP contribution in [-0.4, -0.2) is 28.7 Å². The van der Waals surface area contributed by atoms with Gasteiger partial charge in [0.2, 0.25) is 0 Å². The summed E-state index contributed by atoms with van der Waals surface area (Å²) >= 11 is 0. The Morgan fingerprint density at radius 1 is 1.40 bits per heavy atom. The van der Waals surface area contributed by atoms with Gasteiger partial charge >= 0.3 is 0 Å². The normalized spacial score (nSPS) is 11.2. The van der Waals surface area contributed by atoms with Crippen molar-refractivity contribution in [2.75, 3.05) is 13.1 Å². The molecule has 0 aliphatic carbocycles. The minimum Gasteiger partial charge on any atom is -0.337 e. The van der Waals surface area contributed by atoms with E-state index in [2.05, 4.69) is 29.5 Å². The molecule has 4 heteroatoms. The Bertz CT molecular complexity index is 267. The number of hydrogen-bond acceptors (Lipinski definition) is 3. The van der Waals surface area contributed by atoms with Crippen molar-refractivity contribution in [2.24, 2.45) is 7.05 Å². The van der Waals surface area contributed by atoms with Crippen molar-refractivity contribution in [1.29, 1.82) is 0 Å². The molecule has 15 heavy (non-hydrogen) atoms. The lowest BCUT2D eigenvalue weighted by Crippen LogP contribution is -2.27. The van der Waals surface area contributed by atoms with Crippen LogP contribution in [0.25, 0.3) is 0 Å². The predicted octanol–water partition coefficient (Wildman–Crippen LogP) is 0.898. The fraction of sp³-hybridized carbons (Fsp3) is 0.727. The number of nitrogens with one attached hydrogen (secondary N) is 2. The summed E-state index contributed by atoms with van der Waals surface area (Å²) in [7, 11) is 2.02. The summed E-state index contributed by atoms with van der Waals surface area (Å²) in [4.78, 5) is 4.07. The van der Waals surface area contributed by atoms with Crippen molar-refractivity contribution in [3.8, 4) is 0 Å². The highest BCUT2D eigenvalue weighted by Gasteiger charge is 1.96. The van der Waals surface area contributed by atoms with E-state index in [-0.39, 0.29) is 0 Å². The molecule has 86 valence electrons. The molecular formula is C11H22N4. The first-order chi connectivity index (χ1) is 7.20. The van der Waals surface area contributed by atoms with E-state index in [1.54, 1.807) is 0 Å². The molecule has 0 saturated heterocycles. The zero-order valence-corrected chi connectivity index (χ0v) is 9.95. The maximum absolute atomic E-state index is 4.07. The smallest absolute Gasteiger partial charge is 0.0945 e. The van der Waals surface area contributed by atoms with Gasteiger partial charge in [-0.1, -0.05) is 13.8 Å². The van der Waals surface area contributed by atoms with Gasteiger partial charge in [-0.15, -0.1) is 0 Å². The lowest BCUT2D eigenvalue weighted by Gasteiger charge is -2.08. The lowest BCUT2D eigenvalue weighted by atomic mass is 10.3. The fourth-order valence-corrected chi connectivity index (χ4v) is 1.38. The molecule has 0 saturated carbocycles. The van der Waals surface area contributed by atoms with Crippen LogP contribution in [0.2, 0.25) is 0 Å². The zero-order valence-electron chi connectivity index (χ0n) is 9.95. The summed E-state index contributed by atoms with van der Waals surface area (Å²) in [6.07, 6.45) is 4.90. The highest BCUT2D eigenvalue weighted by atomic mass is 15.0. The van der Waals surface area contributed by atoms with Crippen molar-refractivity contribution >= 4 is 0 Å². The molecule has 0 aliphatic heterocycles. The Balaban J connectivity index is 2.00. The first-order valence-electron chi connectivity index (χ1n) is 5.59. The summed E-state index contributed by atoms with van der Waals surface area (Å²) < 4.78 is 2.04.